The Kier molecular flexibility index (Phi) is 6.29. The molecule has 0 aliphatic rings. The van der Waals surface area contributed by atoms with Gasteiger partial charge < -0.3 is 10.0 Å². The van der Waals surface area contributed by atoms with E-state index >= 15 is 0 Å². The highest BCUT2D eigenvalue weighted by Gasteiger charge is 2.30. The quantitative estimate of drug-likeness (QED) is 0.836. The van der Waals surface area contributed by atoms with Crippen LogP contribution in [0.2, 0.25) is 0 Å². The van der Waals surface area contributed by atoms with Crippen LogP contribution in [0, 0.1) is 0 Å². The smallest absolute Gasteiger partial charge is 0.396 e. The van der Waals surface area contributed by atoms with E-state index in [0.29, 0.717) is 6.42 Å². The minimum absolute atomic E-state index is 0.107. The van der Waals surface area contributed by atoms with Gasteiger partial charge in [0, 0.05) is 39.5 Å². The maximum Gasteiger partial charge on any atom is 0.401 e. The van der Waals surface area contributed by atoms with Crippen LogP contribution < -0.4 is 4.90 Å². The predicted molar refractivity (Wildman–Crippen MR) is 73.8 cm³/mol. The zero-order chi connectivity index (χ0) is 15.2. The lowest BCUT2D eigenvalue weighted by Crippen LogP contribution is -2.35. The first-order valence-corrected chi connectivity index (χ1v) is 6.48. The Hall–Kier alpha value is -1.27. The Bertz CT molecular complexity index is 408. The fourth-order valence-corrected chi connectivity index (χ4v) is 2.08. The number of hydrogen-bond acceptors (Lipinski definition) is 3. The molecule has 1 rings (SSSR count). The largest absolute Gasteiger partial charge is 0.401 e. The van der Waals surface area contributed by atoms with E-state index < -0.39 is 12.7 Å². The molecule has 1 aromatic rings. The molecular formula is C14H21F3N2O. The van der Waals surface area contributed by atoms with Crippen molar-refractivity contribution in [3.8, 4) is 0 Å². The minimum atomic E-state index is -4.23. The lowest BCUT2D eigenvalue weighted by Gasteiger charge is -2.26. The van der Waals surface area contributed by atoms with Crippen LogP contribution in [0.4, 0.5) is 18.9 Å². The van der Waals surface area contributed by atoms with Gasteiger partial charge in [-0.25, -0.2) is 0 Å². The van der Waals surface area contributed by atoms with E-state index in [4.69, 9.17) is 5.11 Å². The Morgan fingerprint density at radius 2 is 1.80 bits per heavy atom. The standard InChI is InChI=1S/C14H21F3N2O/c1-18(2)13-7-4-3-6-12(13)10-19(8-5-9-20)11-14(15,16)17/h3-4,6-7,20H,5,8-11H2,1-2H3. The van der Waals surface area contributed by atoms with Gasteiger partial charge in [0.25, 0.3) is 0 Å². The van der Waals surface area contributed by atoms with Gasteiger partial charge in [0.2, 0.25) is 0 Å². The Balaban J connectivity index is 2.83. The van der Waals surface area contributed by atoms with E-state index in [-0.39, 0.29) is 19.7 Å². The summed E-state index contributed by atoms with van der Waals surface area (Å²) in [7, 11) is 3.72. The number of alkyl halides is 3. The maximum atomic E-state index is 12.6. The van der Waals surface area contributed by atoms with Crippen molar-refractivity contribution in [3.63, 3.8) is 0 Å². The van der Waals surface area contributed by atoms with Gasteiger partial charge in [-0.05, 0) is 18.1 Å². The second-order valence-electron chi connectivity index (χ2n) is 4.93. The number of aliphatic hydroxyl groups excluding tert-OH is 1. The topological polar surface area (TPSA) is 26.7 Å². The average Bonchev–Trinajstić information content (AvgIpc) is 2.34. The molecule has 114 valence electrons. The second kappa shape index (κ2) is 7.50. The Morgan fingerprint density at radius 3 is 2.35 bits per heavy atom. The zero-order valence-corrected chi connectivity index (χ0v) is 11.8. The highest BCUT2D eigenvalue weighted by Crippen LogP contribution is 2.23. The lowest BCUT2D eigenvalue weighted by atomic mass is 10.1. The normalized spacial score (nSPS) is 11.9. The molecule has 0 saturated heterocycles. The van der Waals surface area contributed by atoms with Crippen LogP contribution in [0.1, 0.15) is 12.0 Å². The monoisotopic (exact) mass is 290 g/mol. The number of hydrogen-bond donors (Lipinski definition) is 1. The molecule has 20 heavy (non-hydrogen) atoms. The van der Waals surface area contributed by atoms with E-state index in [2.05, 4.69) is 0 Å². The molecule has 0 radical (unpaired) electrons. The molecular weight excluding hydrogens is 269 g/mol. The molecule has 0 fully saturated rings. The maximum absolute atomic E-state index is 12.6. The molecule has 6 heteroatoms. The molecule has 0 unspecified atom stereocenters. The first kappa shape index (κ1) is 16.8. The molecule has 0 saturated carbocycles. The number of para-hydroxylation sites is 1. The van der Waals surface area contributed by atoms with Crippen molar-refractivity contribution in [2.75, 3.05) is 38.7 Å². The molecule has 3 nitrogen and oxygen atoms in total. The van der Waals surface area contributed by atoms with Crippen molar-refractivity contribution in [1.29, 1.82) is 0 Å². The molecule has 0 atom stereocenters. The summed E-state index contributed by atoms with van der Waals surface area (Å²) in [5.74, 6) is 0. The molecule has 0 spiro atoms. The third-order valence-electron chi connectivity index (χ3n) is 2.90. The van der Waals surface area contributed by atoms with E-state index in [0.717, 1.165) is 11.3 Å². The van der Waals surface area contributed by atoms with Crippen molar-refractivity contribution in [2.24, 2.45) is 0 Å². The SMILES string of the molecule is CN(C)c1ccccc1CN(CCCO)CC(F)(F)F. The lowest BCUT2D eigenvalue weighted by molar-refractivity contribution is -0.147. The Morgan fingerprint density at radius 1 is 1.15 bits per heavy atom. The zero-order valence-electron chi connectivity index (χ0n) is 11.8. The molecule has 1 N–H and O–H groups in total. The number of anilines is 1. The molecule has 0 heterocycles. The fraction of sp³-hybridized carbons (Fsp3) is 0.571. The van der Waals surface area contributed by atoms with Gasteiger partial charge in [0.15, 0.2) is 0 Å². The van der Waals surface area contributed by atoms with Gasteiger partial charge in [-0.1, -0.05) is 18.2 Å². The number of rotatable bonds is 7. The predicted octanol–water partition coefficient (Wildman–Crippen LogP) is 2.50. The summed E-state index contributed by atoms with van der Waals surface area (Å²) in [6.45, 7) is -0.635. The van der Waals surface area contributed by atoms with E-state index in [1.165, 1.54) is 4.90 Å². The van der Waals surface area contributed by atoms with Gasteiger partial charge >= 0.3 is 6.18 Å². The average molecular weight is 290 g/mol. The summed E-state index contributed by atoms with van der Waals surface area (Å²) < 4.78 is 37.7. The van der Waals surface area contributed by atoms with E-state index in [1.54, 1.807) is 0 Å². The van der Waals surface area contributed by atoms with Crippen LogP contribution in [0.25, 0.3) is 0 Å². The van der Waals surface area contributed by atoms with Gasteiger partial charge in [-0.2, -0.15) is 13.2 Å². The molecule has 1 aromatic carbocycles. The number of nitrogens with zero attached hydrogens (tertiary/aromatic N) is 2. The molecule has 0 amide bonds. The number of halogens is 3. The highest BCUT2D eigenvalue weighted by molar-refractivity contribution is 5.52. The van der Waals surface area contributed by atoms with Crippen LogP contribution >= 0.6 is 0 Å². The minimum Gasteiger partial charge on any atom is -0.396 e. The van der Waals surface area contributed by atoms with Gasteiger partial charge in [-0.3, -0.25) is 4.90 Å². The first-order chi connectivity index (χ1) is 9.33. The van der Waals surface area contributed by atoms with Crippen LogP contribution in [0.3, 0.4) is 0 Å². The van der Waals surface area contributed by atoms with Crippen molar-refractivity contribution >= 4 is 5.69 Å². The molecule has 0 bridgehead atoms. The fourth-order valence-electron chi connectivity index (χ4n) is 2.08. The summed E-state index contributed by atoms with van der Waals surface area (Å²) in [5, 5.41) is 8.81. The summed E-state index contributed by atoms with van der Waals surface area (Å²) in [5.41, 5.74) is 1.75. The van der Waals surface area contributed by atoms with Crippen LogP contribution in [-0.4, -0.2) is 50.0 Å². The third-order valence-corrected chi connectivity index (χ3v) is 2.90. The van der Waals surface area contributed by atoms with Gasteiger partial charge in [-0.15, -0.1) is 0 Å². The number of benzene rings is 1. The summed E-state index contributed by atoms with van der Waals surface area (Å²) in [6, 6.07) is 7.39. The van der Waals surface area contributed by atoms with Crippen LogP contribution in [0.15, 0.2) is 24.3 Å². The van der Waals surface area contributed by atoms with E-state index in [1.807, 2.05) is 43.3 Å². The van der Waals surface area contributed by atoms with Crippen molar-refractivity contribution in [2.45, 2.75) is 19.1 Å². The highest BCUT2D eigenvalue weighted by atomic mass is 19.4. The van der Waals surface area contributed by atoms with Crippen molar-refractivity contribution in [3.05, 3.63) is 29.8 Å². The van der Waals surface area contributed by atoms with Crippen LogP contribution in [0.5, 0.6) is 0 Å². The Labute approximate surface area is 117 Å². The van der Waals surface area contributed by atoms with Crippen molar-refractivity contribution in [1.82, 2.24) is 4.90 Å². The van der Waals surface area contributed by atoms with Crippen LogP contribution in [-0.2, 0) is 6.54 Å². The number of aliphatic hydroxyl groups is 1. The van der Waals surface area contributed by atoms with Crippen molar-refractivity contribution < 1.29 is 18.3 Å². The van der Waals surface area contributed by atoms with Gasteiger partial charge in [0.05, 0.1) is 6.54 Å². The van der Waals surface area contributed by atoms with E-state index in [9.17, 15) is 13.2 Å². The van der Waals surface area contributed by atoms with Gasteiger partial charge in [0.1, 0.15) is 0 Å². The first-order valence-electron chi connectivity index (χ1n) is 6.48. The summed E-state index contributed by atoms with van der Waals surface area (Å²) in [6.07, 6.45) is -3.90. The second-order valence-corrected chi connectivity index (χ2v) is 4.93. The molecule has 0 aromatic heterocycles. The summed E-state index contributed by atoms with van der Waals surface area (Å²) in [4.78, 5) is 3.20. The molecule has 0 aliphatic carbocycles. The third kappa shape index (κ3) is 5.79. The summed E-state index contributed by atoms with van der Waals surface area (Å²) >= 11 is 0. The molecule has 0 aliphatic heterocycles.